The fourth-order valence-corrected chi connectivity index (χ4v) is 1.69. The van der Waals surface area contributed by atoms with Gasteiger partial charge in [0.05, 0.1) is 18.7 Å². The number of aromatic nitrogens is 3. The Labute approximate surface area is 106 Å². The number of rotatable bonds is 5. The van der Waals surface area contributed by atoms with Crippen LogP contribution in [0.2, 0.25) is 0 Å². The maximum absolute atomic E-state index is 11.9. The molecule has 1 aromatic heterocycles. The highest BCUT2D eigenvalue weighted by molar-refractivity contribution is 5.83. The first-order valence-corrected chi connectivity index (χ1v) is 5.94. The van der Waals surface area contributed by atoms with E-state index in [1.165, 1.54) is 0 Å². The maximum atomic E-state index is 11.9. The largest absolute Gasteiger partial charge is 0.354 e. The summed E-state index contributed by atoms with van der Waals surface area (Å²) in [5.41, 5.74) is 1.02. The SMILES string of the molecule is C[C@@H](C(=O)NCCn1ccnn1)c1ccccc1. The van der Waals surface area contributed by atoms with E-state index in [1.54, 1.807) is 17.1 Å². The first-order chi connectivity index (χ1) is 8.77. The minimum atomic E-state index is -0.137. The molecule has 2 rings (SSSR count). The summed E-state index contributed by atoms with van der Waals surface area (Å²) < 4.78 is 1.69. The summed E-state index contributed by atoms with van der Waals surface area (Å²) in [6.07, 6.45) is 3.39. The van der Waals surface area contributed by atoms with E-state index >= 15 is 0 Å². The Hall–Kier alpha value is -2.17. The van der Waals surface area contributed by atoms with E-state index in [2.05, 4.69) is 15.6 Å². The predicted octanol–water partition coefficient (Wildman–Crippen LogP) is 1.20. The van der Waals surface area contributed by atoms with Crippen molar-refractivity contribution < 1.29 is 4.79 Å². The lowest BCUT2D eigenvalue weighted by atomic mass is 10.0. The van der Waals surface area contributed by atoms with Gasteiger partial charge in [0.2, 0.25) is 5.91 Å². The van der Waals surface area contributed by atoms with Gasteiger partial charge in [-0.2, -0.15) is 0 Å². The summed E-state index contributed by atoms with van der Waals surface area (Å²) in [6.45, 7) is 3.09. The van der Waals surface area contributed by atoms with E-state index in [4.69, 9.17) is 0 Å². The number of carbonyl (C=O) groups is 1. The van der Waals surface area contributed by atoms with Crippen LogP contribution in [-0.2, 0) is 11.3 Å². The zero-order valence-corrected chi connectivity index (χ0v) is 10.3. The standard InChI is InChI=1S/C13H16N4O/c1-11(12-5-3-2-4-6-12)13(18)14-7-9-17-10-8-15-16-17/h2-6,8,10-11H,7,9H2,1H3,(H,14,18)/t11-/m1/s1. The highest BCUT2D eigenvalue weighted by atomic mass is 16.1. The molecule has 1 aromatic carbocycles. The molecule has 0 unspecified atom stereocenters. The van der Waals surface area contributed by atoms with Crippen LogP contribution in [0.4, 0.5) is 0 Å². The molecule has 0 saturated carbocycles. The van der Waals surface area contributed by atoms with Crippen LogP contribution in [0.1, 0.15) is 18.4 Å². The normalized spacial score (nSPS) is 12.1. The molecule has 0 spiro atoms. The molecule has 0 radical (unpaired) electrons. The Balaban J connectivity index is 1.81. The Kier molecular flexibility index (Phi) is 4.06. The number of hydrogen-bond donors (Lipinski definition) is 1. The number of nitrogens with one attached hydrogen (secondary N) is 1. The van der Waals surface area contributed by atoms with Crippen LogP contribution >= 0.6 is 0 Å². The summed E-state index contributed by atoms with van der Waals surface area (Å²) in [5.74, 6) is -0.108. The van der Waals surface area contributed by atoms with E-state index < -0.39 is 0 Å². The summed E-state index contributed by atoms with van der Waals surface area (Å²) in [5, 5.41) is 10.4. The summed E-state index contributed by atoms with van der Waals surface area (Å²) in [7, 11) is 0. The molecule has 0 aliphatic carbocycles. The van der Waals surface area contributed by atoms with E-state index in [1.807, 2.05) is 37.3 Å². The minimum Gasteiger partial charge on any atom is -0.354 e. The zero-order chi connectivity index (χ0) is 12.8. The van der Waals surface area contributed by atoms with Crippen molar-refractivity contribution in [3.63, 3.8) is 0 Å². The molecule has 18 heavy (non-hydrogen) atoms. The van der Waals surface area contributed by atoms with Crippen molar-refractivity contribution in [3.05, 3.63) is 48.3 Å². The van der Waals surface area contributed by atoms with E-state index in [0.29, 0.717) is 13.1 Å². The molecule has 1 N–H and O–H groups in total. The molecular formula is C13H16N4O. The van der Waals surface area contributed by atoms with Gasteiger partial charge in [0.1, 0.15) is 0 Å². The molecule has 0 bridgehead atoms. The van der Waals surface area contributed by atoms with Crippen LogP contribution in [0.15, 0.2) is 42.7 Å². The fourth-order valence-electron chi connectivity index (χ4n) is 1.69. The maximum Gasteiger partial charge on any atom is 0.227 e. The van der Waals surface area contributed by atoms with E-state index in [9.17, 15) is 4.79 Å². The molecule has 2 aromatic rings. The highest BCUT2D eigenvalue weighted by Gasteiger charge is 2.13. The van der Waals surface area contributed by atoms with Gasteiger partial charge in [-0.15, -0.1) is 5.10 Å². The van der Waals surface area contributed by atoms with Gasteiger partial charge in [0.15, 0.2) is 0 Å². The third kappa shape index (κ3) is 3.16. The number of carbonyl (C=O) groups excluding carboxylic acids is 1. The lowest BCUT2D eigenvalue weighted by Crippen LogP contribution is -2.31. The molecule has 0 aliphatic heterocycles. The van der Waals surface area contributed by atoms with Gasteiger partial charge in [-0.3, -0.25) is 9.48 Å². The molecule has 1 amide bonds. The molecule has 0 saturated heterocycles. The zero-order valence-electron chi connectivity index (χ0n) is 10.3. The Bertz CT molecular complexity index is 481. The van der Waals surface area contributed by atoms with Crippen molar-refractivity contribution in [1.82, 2.24) is 20.3 Å². The van der Waals surface area contributed by atoms with Crippen molar-refractivity contribution in [2.75, 3.05) is 6.54 Å². The first kappa shape index (κ1) is 12.3. The monoisotopic (exact) mass is 244 g/mol. The molecule has 0 fully saturated rings. The van der Waals surface area contributed by atoms with Gasteiger partial charge < -0.3 is 5.32 Å². The van der Waals surface area contributed by atoms with Crippen LogP contribution in [0.25, 0.3) is 0 Å². The van der Waals surface area contributed by atoms with E-state index in [-0.39, 0.29) is 11.8 Å². The van der Waals surface area contributed by atoms with Crippen LogP contribution in [-0.4, -0.2) is 27.4 Å². The predicted molar refractivity (Wildman–Crippen MR) is 67.9 cm³/mol. The van der Waals surface area contributed by atoms with Crippen molar-refractivity contribution in [1.29, 1.82) is 0 Å². The first-order valence-electron chi connectivity index (χ1n) is 5.94. The summed E-state index contributed by atoms with van der Waals surface area (Å²) >= 11 is 0. The van der Waals surface area contributed by atoms with Crippen LogP contribution in [0.3, 0.4) is 0 Å². The second kappa shape index (κ2) is 5.95. The van der Waals surface area contributed by atoms with Crippen molar-refractivity contribution in [2.24, 2.45) is 0 Å². The van der Waals surface area contributed by atoms with Crippen LogP contribution in [0.5, 0.6) is 0 Å². The van der Waals surface area contributed by atoms with Crippen molar-refractivity contribution >= 4 is 5.91 Å². The van der Waals surface area contributed by atoms with E-state index in [0.717, 1.165) is 5.56 Å². The highest BCUT2D eigenvalue weighted by Crippen LogP contribution is 2.13. The van der Waals surface area contributed by atoms with Crippen LogP contribution in [0, 0.1) is 0 Å². The third-order valence-electron chi connectivity index (χ3n) is 2.80. The minimum absolute atomic E-state index is 0.0290. The number of benzene rings is 1. The van der Waals surface area contributed by atoms with Crippen LogP contribution < -0.4 is 5.32 Å². The second-order valence-corrected chi connectivity index (χ2v) is 4.09. The van der Waals surface area contributed by atoms with Gasteiger partial charge in [-0.25, -0.2) is 0 Å². The molecular weight excluding hydrogens is 228 g/mol. The quantitative estimate of drug-likeness (QED) is 0.859. The smallest absolute Gasteiger partial charge is 0.227 e. The molecule has 5 heteroatoms. The summed E-state index contributed by atoms with van der Waals surface area (Å²) in [4.78, 5) is 11.9. The van der Waals surface area contributed by atoms with Gasteiger partial charge >= 0.3 is 0 Å². The Morgan fingerprint density at radius 3 is 2.83 bits per heavy atom. The third-order valence-corrected chi connectivity index (χ3v) is 2.80. The second-order valence-electron chi connectivity index (χ2n) is 4.09. The number of hydrogen-bond acceptors (Lipinski definition) is 3. The topological polar surface area (TPSA) is 59.8 Å². The molecule has 94 valence electrons. The Morgan fingerprint density at radius 2 is 2.17 bits per heavy atom. The fraction of sp³-hybridized carbons (Fsp3) is 0.308. The molecule has 0 aliphatic rings. The molecule has 1 atom stereocenters. The molecule has 1 heterocycles. The lowest BCUT2D eigenvalue weighted by molar-refractivity contribution is -0.122. The van der Waals surface area contributed by atoms with Crippen molar-refractivity contribution in [2.45, 2.75) is 19.4 Å². The Morgan fingerprint density at radius 1 is 1.39 bits per heavy atom. The summed E-state index contributed by atoms with van der Waals surface area (Å²) in [6, 6.07) is 9.74. The number of amides is 1. The van der Waals surface area contributed by atoms with Gasteiger partial charge in [0, 0.05) is 12.7 Å². The van der Waals surface area contributed by atoms with Crippen molar-refractivity contribution in [3.8, 4) is 0 Å². The molecule has 5 nitrogen and oxygen atoms in total. The van der Waals surface area contributed by atoms with Gasteiger partial charge in [-0.1, -0.05) is 35.5 Å². The van der Waals surface area contributed by atoms with Gasteiger partial charge in [0.25, 0.3) is 0 Å². The van der Waals surface area contributed by atoms with Gasteiger partial charge in [-0.05, 0) is 12.5 Å². The number of nitrogens with zero attached hydrogens (tertiary/aromatic N) is 3. The average molecular weight is 244 g/mol. The average Bonchev–Trinajstić information content (AvgIpc) is 2.92. The lowest BCUT2D eigenvalue weighted by Gasteiger charge is -2.12.